The molecule has 3 aromatic heterocycles. The Morgan fingerprint density at radius 1 is 0.943 bits per heavy atom. The maximum atomic E-state index is 14.4. The molecule has 0 bridgehead atoms. The molecule has 0 N–H and O–H groups in total. The van der Waals surface area contributed by atoms with Gasteiger partial charge in [-0.1, -0.05) is 0 Å². The van der Waals surface area contributed by atoms with Gasteiger partial charge in [0, 0.05) is 43.2 Å². The molecule has 0 radical (unpaired) electrons. The minimum atomic E-state index is -0.678. The van der Waals surface area contributed by atoms with E-state index in [9.17, 15) is 8.78 Å². The Morgan fingerprint density at radius 2 is 1.71 bits per heavy atom. The number of halogens is 2. The van der Waals surface area contributed by atoms with Gasteiger partial charge in [-0.3, -0.25) is 4.68 Å². The average molecular weight is 479 g/mol. The van der Waals surface area contributed by atoms with E-state index in [0.717, 1.165) is 36.3 Å². The molecule has 35 heavy (non-hydrogen) atoms. The highest BCUT2D eigenvalue weighted by atomic mass is 19.1. The fourth-order valence-corrected chi connectivity index (χ4v) is 4.28. The first-order valence-electron chi connectivity index (χ1n) is 12.0. The molecule has 182 valence electrons. The van der Waals surface area contributed by atoms with Crippen LogP contribution >= 0.6 is 0 Å². The van der Waals surface area contributed by atoms with E-state index >= 15 is 0 Å². The van der Waals surface area contributed by atoms with E-state index in [0.29, 0.717) is 35.9 Å². The fraction of sp³-hybridized carbons (Fsp3) is 0.423. The summed E-state index contributed by atoms with van der Waals surface area (Å²) in [7, 11) is 0. The number of fused-ring (bicyclic) bond motifs is 1. The molecule has 2 fully saturated rings. The summed E-state index contributed by atoms with van der Waals surface area (Å²) in [6, 6.07) is 6.16. The van der Waals surface area contributed by atoms with Gasteiger partial charge in [0.15, 0.2) is 5.65 Å². The second-order valence-corrected chi connectivity index (χ2v) is 9.08. The topological polar surface area (TPSA) is 78.6 Å². The van der Waals surface area contributed by atoms with Crippen LogP contribution in [0.3, 0.4) is 0 Å². The van der Waals surface area contributed by atoms with Crippen LogP contribution in [-0.4, -0.2) is 42.9 Å². The third-order valence-electron chi connectivity index (χ3n) is 6.71. The molecule has 0 spiro atoms. The standard InChI is InChI=1S/C19H18F2N4O.C7H10N2/c1-10-11(2)23-19-17(22-10)16(14-4-3-13(20)9-15(14)21)24-18(25-19)12-5-7-26-8-6-12;1-3-7(4-1)9-6-2-5-8-9/h3-4,9,12H,5-8H2,1-2H3;2,5-7H,1,3-4H2. The quantitative estimate of drug-likeness (QED) is 0.388. The van der Waals surface area contributed by atoms with Gasteiger partial charge in [-0.05, 0) is 64.2 Å². The number of aryl methyl sites for hydroxylation is 2. The van der Waals surface area contributed by atoms with Crippen molar-refractivity contribution in [3.8, 4) is 11.3 Å². The van der Waals surface area contributed by atoms with E-state index in [2.05, 4.69) is 29.7 Å². The molecule has 1 saturated carbocycles. The molecule has 1 aromatic carbocycles. The summed E-state index contributed by atoms with van der Waals surface area (Å²) >= 11 is 0. The number of hydrogen-bond donors (Lipinski definition) is 0. The Balaban J connectivity index is 0.000000234. The summed E-state index contributed by atoms with van der Waals surface area (Å²) in [5, 5.41) is 4.15. The van der Waals surface area contributed by atoms with Crippen LogP contribution in [0.25, 0.3) is 22.4 Å². The molecule has 1 aliphatic heterocycles. The maximum absolute atomic E-state index is 14.4. The Kier molecular flexibility index (Phi) is 6.77. The molecule has 0 amide bonds. The normalized spacial score (nSPS) is 16.6. The molecule has 0 atom stereocenters. The lowest BCUT2D eigenvalue weighted by Crippen LogP contribution is -2.17. The van der Waals surface area contributed by atoms with E-state index in [1.165, 1.54) is 31.4 Å². The summed E-state index contributed by atoms with van der Waals surface area (Å²) in [6.45, 7) is 4.98. The third-order valence-corrected chi connectivity index (χ3v) is 6.71. The van der Waals surface area contributed by atoms with Gasteiger partial charge in [-0.25, -0.2) is 28.7 Å². The van der Waals surface area contributed by atoms with Crippen molar-refractivity contribution in [3.05, 3.63) is 65.5 Å². The van der Waals surface area contributed by atoms with E-state index in [-0.39, 0.29) is 11.5 Å². The highest BCUT2D eigenvalue weighted by molar-refractivity contribution is 5.87. The zero-order valence-electron chi connectivity index (χ0n) is 19.9. The first-order valence-corrected chi connectivity index (χ1v) is 12.0. The predicted octanol–water partition coefficient (Wildman–Crippen LogP) is 5.48. The van der Waals surface area contributed by atoms with Crippen molar-refractivity contribution in [3.63, 3.8) is 0 Å². The zero-order valence-corrected chi connectivity index (χ0v) is 19.9. The number of benzene rings is 1. The fourth-order valence-electron chi connectivity index (χ4n) is 4.28. The van der Waals surface area contributed by atoms with Gasteiger partial charge >= 0.3 is 0 Å². The van der Waals surface area contributed by atoms with Crippen molar-refractivity contribution in [2.45, 2.75) is 57.9 Å². The number of ether oxygens (including phenoxy) is 1. The summed E-state index contributed by atoms with van der Waals surface area (Å²) in [4.78, 5) is 18.3. The van der Waals surface area contributed by atoms with Crippen LogP contribution in [-0.2, 0) is 4.74 Å². The summed E-state index contributed by atoms with van der Waals surface area (Å²) in [6.07, 6.45) is 9.51. The molecule has 4 aromatic rings. The number of aromatic nitrogens is 6. The van der Waals surface area contributed by atoms with Crippen LogP contribution in [0.1, 0.15) is 61.3 Å². The van der Waals surface area contributed by atoms with Crippen LogP contribution in [0, 0.1) is 25.5 Å². The smallest absolute Gasteiger partial charge is 0.182 e. The van der Waals surface area contributed by atoms with Crippen molar-refractivity contribution in [1.82, 2.24) is 29.7 Å². The lowest BCUT2D eigenvalue weighted by molar-refractivity contribution is 0.0836. The lowest BCUT2D eigenvalue weighted by Gasteiger charge is -2.25. The molecule has 4 heterocycles. The first-order chi connectivity index (χ1) is 17.0. The molecule has 1 saturated heterocycles. The predicted molar refractivity (Wildman–Crippen MR) is 128 cm³/mol. The van der Waals surface area contributed by atoms with Crippen molar-refractivity contribution >= 4 is 11.2 Å². The van der Waals surface area contributed by atoms with Gasteiger partial charge in [0.25, 0.3) is 0 Å². The van der Waals surface area contributed by atoms with E-state index < -0.39 is 11.6 Å². The number of rotatable bonds is 3. The van der Waals surface area contributed by atoms with Gasteiger partial charge in [0.1, 0.15) is 28.7 Å². The van der Waals surface area contributed by atoms with Gasteiger partial charge in [-0.15, -0.1) is 0 Å². The Labute approximate surface area is 202 Å². The van der Waals surface area contributed by atoms with Gasteiger partial charge in [0.05, 0.1) is 17.4 Å². The van der Waals surface area contributed by atoms with Crippen molar-refractivity contribution < 1.29 is 13.5 Å². The third kappa shape index (κ3) is 5.05. The minimum absolute atomic E-state index is 0.124. The lowest BCUT2D eigenvalue weighted by atomic mass is 9.93. The molecule has 7 nitrogen and oxygen atoms in total. The van der Waals surface area contributed by atoms with Crippen molar-refractivity contribution in [2.75, 3.05) is 13.2 Å². The highest BCUT2D eigenvalue weighted by Crippen LogP contribution is 2.32. The highest BCUT2D eigenvalue weighted by Gasteiger charge is 2.23. The van der Waals surface area contributed by atoms with Crippen LogP contribution in [0.5, 0.6) is 0 Å². The molecule has 1 aliphatic carbocycles. The van der Waals surface area contributed by atoms with Gasteiger partial charge in [0.2, 0.25) is 0 Å². The molecule has 9 heteroatoms. The Bertz CT molecular complexity index is 1320. The van der Waals surface area contributed by atoms with Gasteiger partial charge in [-0.2, -0.15) is 5.10 Å². The second-order valence-electron chi connectivity index (χ2n) is 9.08. The average Bonchev–Trinajstić information content (AvgIpc) is 3.33. The van der Waals surface area contributed by atoms with Crippen LogP contribution in [0.15, 0.2) is 36.7 Å². The second kappa shape index (κ2) is 10.1. The maximum Gasteiger partial charge on any atom is 0.182 e. The van der Waals surface area contributed by atoms with Crippen LogP contribution < -0.4 is 0 Å². The number of hydrogen-bond acceptors (Lipinski definition) is 6. The summed E-state index contributed by atoms with van der Waals surface area (Å²) in [5.41, 5.74) is 2.90. The molecule has 6 rings (SSSR count). The van der Waals surface area contributed by atoms with E-state index in [1.807, 2.05) is 32.3 Å². The van der Waals surface area contributed by atoms with E-state index in [4.69, 9.17) is 4.74 Å². The van der Waals surface area contributed by atoms with Crippen molar-refractivity contribution in [1.29, 1.82) is 0 Å². The summed E-state index contributed by atoms with van der Waals surface area (Å²) < 4.78 is 35.3. The first kappa shape index (κ1) is 23.4. The van der Waals surface area contributed by atoms with E-state index in [1.54, 1.807) is 0 Å². The zero-order chi connectivity index (χ0) is 24.4. The molecular formula is C26H28F2N6O. The Morgan fingerprint density at radius 3 is 2.37 bits per heavy atom. The summed E-state index contributed by atoms with van der Waals surface area (Å²) in [5.74, 6) is -0.578. The van der Waals surface area contributed by atoms with Gasteiger partial charge < -0.3 is 4.74 Å². The molecule has 0 unspecified atom stereocenters. The minimum Gasteiger partial charge on any atom is -0.381 e. The van der Waals surface area contributed by atoms with Crippen LogP contribution in [0.2, 0.25) is 0 Å². The molecular weight excluding hydrogens is 450 g/mol. The van der Waals surface area contributed by atoms with Crippen LogP contribution in [0.4, 0.5) is 8.78 Å². The molecule has 2 aliphatic rings. The number of nitrogens with zero attached hydrogens (tertiary/aromatic N) is 6. The Hall–Kier alpha value is -3.33. The monoisotopic (exact) mass is 478 g/mol. The SMILES string of the molecule is Cc1nc2nc(C3CCOCC3)nc(-c3ccc(F)cc3F)c2nc1C.c1cnn(C2CCC2)c1. The largest absolute Gasteiger partial charge is 0.381 e. The van der Waals surface area contributed by atoms with Crippen molar-refractivity contribution in [2.24, 2.45) is 0 Å².